The molecule has 0 heterocycles. The van der Waals surface area contributed by atoms with Crippen molar-refractivity contribution in [2.45, 2.75) is 37.8 Å². The van der Waals surface area contributed by atoms with E-state index in [-0.39, 0.29) is 18.6 Å². The minimum Gasteiger partial charge on any atom is -0.395 e. The maximum atomic E-state index is 12.7. The number of nitrogens with two attached hydrogens (primary N) is 1. The molecule has 4 nitrogen and oxygen atoms in total. The van der Waals surface area contributed by atoms with Gasteiger partial charge in [0.15, 0.2) is 0 Å². The molecule has 1 fully saturated rings. The summed E-state index contributed by atoms with van der Waals surface area (Å²) in [6, 6.07) is 9.65. The van der Waals surface area contributed by atoms with E-state index in [1.807, 2.05) is 30.3 Å². The predicted octanol–water partition coefficient (Wildman–Crippen LogP) is 1.23. The van der Waals surface area contributed by atoms with Crippen LogP contribution in [0.2, 0.25) is 0 Å². The van der Waals surface area contributed by atoms with Gasteiger partial charge in [0.05, 0.1) is 6.61 Å². The SMILES string of the molecule is CC(N)(C(=O)N(CCO)C1CCC1)c1ccccc1. The molecule has 19 heavy (non-hydrogen) atoms. The molecule has 1 aromatic rings. The molecule has 104 valence electrons. The number of carbonyl (C=O) groups is 1. The summed E-state index contributed by atoms with van der Waals surface area (Å²) in [7, 11) is 0. The molecule has 1 atom stereocenters. The van der Waals surface area contributed by atoms with Crippen molar-refractivity contribution in [3.05, 3.63) is 35.9 Å². The number of hydrogen-bond acceptors (Lipinski definition) is 3. The minimum atomic E-state index is -1.04. The average molecular weight is 262 g/mol. The lowest BCUT2D eigenvalue weighted by atomic mass is 9.87. The lowest BCUT2D eigenvalue weighted by Gasteiger charge is -2.41. The molecule has 1 unspecified atom stereocenters. The number of aliphatic hydroxyl groups excluding tert-OH is 1. The number of benzene rings is 1. The van der Waals surface area contributed by atoms with Crippen LogP contribution in [0.3, 0.4) is 0 Å². The first-order chi connectivity index (χ1) is 9.07. The van der Waals surface area contributed by atoms with Gasteiger partial charge in [-0.25, -0.2) is 0 Å². The monoisotopic (exact) mass is 262 g/mol. The first-order valence-corrected chi connectivity index (χ1v) is 6.83. The summed E-state index contributed by atoms with van der Waals surface area (Å²) in [5.74, 6) is -0.0996. The highest BCUT2D eigenvalue weighted by Crippen LogP contribution is 2.29. The molecule has 1 aromatic carbocycles. The topological polar surface area (TPSA) is 66.6 Å². The summed E-state index contributed by atoms with van der Waals surface area (Å²) in [5, 5.41) is 9.16. The van der Waals surface area contributed by atoms with Crippen LogP contribution < -0.4 is 5.73 Å². The third kappa shape index (κ3) is 2.80. The number of rotatable bonds is 5. The van der Waals surface area contributed by atoms with Crippen LogP contribution in [-0.2, 0) is 10.3 Å². The summed E-state index contributed by atoms with van der Waals surface area (Å²) >= 11 is 0. The zero-order chi connectivity index (χ0) is 13.9. The van der Waals surface area contributed by atoms with Gasteiger partial charge in [0.25, 0.3) is 0 Å². The zero-order valence-corrected chi connectivity index (χ0v) is 11.4. The van der Waals surface area contributed by atoms with Crippen LogP contribution in [0.5, 0.6) is 0 Å². The number of hydrogen-bond donors (Lipinski definition) is 2. The van der Waals surface area contributed by atoms with Crippen molar-refractivity contribution in [2.24, 2.45) is 5.73 Å². The molecule has 1 amide bonds. The van der Waals surface area contributed by atoms with Crippen LogP contribution in [-0.4, -0.2) is 35.1 Å². The second kappa shape index (κ2) is 5.72. The van der Waals surface area contributed by atoms with Crippen molar-refractivity contribution in [1.29, 1.82) is 0 Å². The van der Waals surface area contributed by atoms with Gasteiger partial charge in [-0.3, -0.25) is 4.79 Å². The second-order valence-corrected chi connectivity index (χ2v) is 5.38. The molecule has 2 rings (SSSR count). The van der Waals surface area contributed by atoms with Gasteiger partial charge in [0, 0.05) is 12.6 Å². The van der Waals surface area contributed by atoms with Crippen LogP contribution in [0, 0.1) is 0 Å². The Labute approximate surface area is 114 Å². The molecular formula is C15H22N2O2. The van der Waals surface area contributed by atoms with Crippen LogP contribution >= 0.6 is 0 Å². The average Bonchev–Trinajstić information content (AvgIpc) is 2.36. The number of amides is 1. The Morgan fingerprint density at radius 3 is 2.53 bits per heavy atom. The Balaban J connectivity index is 2.20. The third-order valence-corrected chi connectivity index (χ3v) is 3.93. The second-order valence-electron chi connectivity index (χ2n) is 5.38. The van der Waals surface area contributed by atoms with E-state index in [0.29, 0.717) is 6.54 Å². The van der Waals surface area contributed by atoms with E-state index >= 15 is 0 Å². The number of aliphatic hydroxyl groups is 1. The maximum Gasteiger partial charge on any atom is 0.247 e. The molecule has 1 aliphatic carbocycles. The lowest BCUT2D eigenvalue weighted by molar-refractivity contribution is -0.141. The highest BCUT2D eigenvalue weighted by atomic mass is 16.3. The molecule has 0 bridgehead atoms. The molecule has 0 radical (unpaired) electrons. The Morgan fingerprint density at radius 1 is 1.42 bits per heavy atom. The first kappa shape index (κ1) is 14.0. The Hall–Kier alpha value is -1.39. The first-order valence-electron chi connectivity index (χ1n) is 6.83. The van der Waals surface area contributed by atoms with E-state index in [1.165, 1.54) is 0 Å². The predicted molar refractivity (Wildman–Crippen MR) is 74.4 cm³/mol. The van der Waals surface area contributed by atoms with Crippen molar-refractivity contribution in [3.63, 3.8) is 0 Å². The molecular weight excluding hydrogens is 240 g/mol. The van der Waals surface area contributed by atoms with Crippen LogP contribution in [0.4, 0.5) is 0 Å². The smallest absolute Gasteiger partial charge is 0.247 e. The summed E-state index contributed by atoms with van der Waals surface area (Å²) in [6.45, 7) is 2.09. The summed E-state index contributed by atoms with van der Waals surface area (Å²) < 4.78 is 0. The van der Waals surface area contributed by atoms with Crippen LogP contribution in [0.1, 0.15) is 31.7 Å². The standard InChI is InChI=1S/C15H22N2O2/c1-15(16,12-6-3-2-4-7-12)14(19)17(10-11-18)13-8-5-9-13/h2-4,6-7,13,18H,5,8-11,16H2,1H3. The molecule has 0 spiro atoms. The van der Waals surface area contributed by atoms with Crippen molar-refractivity contribution in [3.8, 4) is 0 Å². The fourth-order valence-corrected chi connectivity index (χ4v) is 2.46. The normalized spacial score (nSPS) is 18.5. The molecule has 1 saturated carbocycles. The summed E-state index contributed by atoms with van der Waals surface area (Å²) in [5.41, 5.74) is 6.03. The van der Waals surface area contributed by atoms with Gasteiger partial charge in [-0.15, -0.1) is 0 Å². The fourth-order valence-electron chi connectivity index (χ4n) is 2.46. The van der Waals surface area contributed by atoms with Crippen molar-refractivity contribution >= 4 is 5.91 Å². The van der Waals surface area contributed by atoms with Gasteiger partial charge in [-0.05, 0) is 31.7 Å². The Kier molecular flexibility index (Phi) is 4.22. The minimum absolute atomic E-state index is 0.0207. The van der Waals surface area contributed by atoms with E-state index in [4.69, 9.17) is 10.8 Å². The van der Waals surface area contributed by atoms with E-state index in [0.717, 1.165) is 24.8 Å². The molecule has 1 aliphatic rings. The maximum absolute atomic E-state index is 12.7. The summed E-state index contributed by atoms with van der Waals surface area (Å²) in [6.07, 6.45) is 3.17. The van der Waals surface area contributed by atoms with E-state index in [2.05, 4.69) is 0 Å². The largest absolute Gasteiger partial charge is 0.395 e. The summed E-state index contributed by atoms with van der Waals surface area (Å²) in [4.78, 5) is 14.4. The van der Waals surface area contributed by atoms with Gasteiger partial charge >= 0.3 is 0 Å². The Morgan fingerprint density at radius 2 is 2.05 bits per heavy atom. The van der Waals surface area contributed by atoms with Gasteiger partial charge in [-0.1, -0.05) is 30.3 Å². The van der Waals surface area contributed by atoms with Gasteiger partial charge in [-0.2, -0.15) is 0 Å². The molecule has 3 N–H and O–H groups in total. The van der Waals surface area contributed by atoms with Gasteiger partial charge < -0.3 is 15.7 Å². The van der Waals surface area contributed by atoms with Gasteiger partial charge in [0.2, 0.25) is 5.91 Å². The van der Waals surface area contributed by atoms with E-state index in [1.54, 1.807) is 11.8 Å². The fraction of sp³-hybridized carbons (Fsp3) is 0.533. The quantitative estimate of drug-likeness (QED) is 0.839. The van der Waals surface area contributed by atoms with Gasteiger partial charge in [0.1, 0.15) is 5.54 Å². The zero-order valence-electron chi connectivity index (χ0n) is 11.4. The van der Waals surface area contributed by atoms with Crippen LogP contribution in [0.15, 0.2) is 30.3 Å². The van der Waals surface area contributed by atoms with Crippen molar-refractivity contribution in [2.75, 3.05) is 13.2 Å². The number of nitrogens with zero attached hydrogens (tertiary/aromatic N) is 1. The highest BCUT2D eigenvalue weighted by Gasteiger charge is 2.38. The molecule has 4 heteroatoms. The van der Waals surface area contributed by atoms with E-state index < -0.39 is 5.54 Å². The van der Waals surface area contributed by atoms with Crippen molar-refractivity contribution in [1.82, 2.24) is 4.90 Å². The lowest BCUT2D eigenvalue weighted by Crippen LogP contribution is -2.56. The highest BCUT2D eigenvalue weighted by molar-refractivity contribution is 5.87. The molecule has 0 aromatic heterocycles. The molecule has 0 aliphatic heterocycles. The molecule has 0 saturated heterocycles. The third-order valence-electron chi connectivity index (χ3n) is 3.93. The van der Waals surface area contributed by atoms with Crippen molar-refractivity contribution < 1.29 is 9.90 Å². The van der Waals surface area contributed by atoms with Crippen LogP contribution in [0.25, 0.3) is 0 Å². The number of carbonyl (C=O) groups excluding carboxylic acids is 1. The van der Waals surface area contributed by atoms with E-state index in [9.17, 15) is 4.79 Å². The Bertz CT molecular complexity index is 427.